The van der Waals surface area contributed by atoms with Gasteiger partial charge in [-0.3, -0.25) is 9.59 Å². The van der Waals surface area contributed by atoms with Gasteiger partial charge in [-0.05, 0) is 55.1 Å². The smallest absolute Gasteiger partial charge is 0.302 e. The van der Waals surface area contributed by atoms with Crippen LogP contribution in [0.15, 0.2) is 54.6 Å². The Morgan fingerprint density at radius 1 is 1.14 bits per heavy atom. The van der Waals surface area contributed by atoms with Crippen molar-refractivity contribution in [3.8, 4) is 0 Å². The number of H-pyrrole nitrogens is 1. The molecule has 1 amide bonds. The number of esters is 1. The number of hydrogen-bond acceptors (Lipinski definition) is 6. The molecule has 2 heterocycles. The Hall–Kier alpha value is -3.46. The maximum Gasteiger partial charge on any atom is 0.302 e. The van der Waals surface area contributed by atoms with Crippen molar-refractivity contribution in [1.82, 2.24) is 15.8 Å². The molecule has 0 bridgehead atoms. The third-order valence-electron chi connectivity index (χ3n) is 6.13. The van der Waals surface area contributed by atoms with E-state index < -0.39 is 6.29 Å². The number of aromatic amines is 1. The minimum absolute atomic E-state index is 0.250. The first kappa shape index (κ1) is 25.6. The number of fused-ring (bicyclic) bond motifs is 1. The van der Waals surface area contributed by atoms with E-state index in [0.717, 1.165) is 25.1 Å². The van der Waals surface area contributed by atoms with Crippen LogP contribution >= 0.6 is 0 Å². The molecule has 3 N–H and O–H groups in total. The van der Waals surface area contributed by atoms with Crippen LogP contribution in [0.4, 0.5) is 0 Å². The Morgan fingerprint density at radius 3 is 2.69 bits per heavy atom. The molecule has 2 unspecified atom stereocenters. The molecule has 190 valence electrons. The average molecular weight is 492 g/mol. The van der Waals surface area contributed by atoms with Crippen molar-refractivity contribution < 1.29 is 23.9 Å². The zero-order valence-corrected chi connectivity index (χ0v) is 20.7. The largest absolute Gasteiger partial charge is 0.460 e. The van der Waals surface area contributed by atoms with E-state index in [0.29, 0.717) is 12.8 Å². The fourth-order valence-electron chi connectivity index (χ4n) is 4.30. The lowest BCUT2D eigenvalue weighted by molar-refractivity contribution is -0.219. The van der Waals surface area contributed by atoms with E-state index >= 15 is 0 Å². The Bertz CT molecular complexity index is 1190. The van der Waals surface area contributed by atoms with Crippen LogP contribution in [0.25, 0.3) is 17.0 Å². The number of ether oxygens (including phenoxy) is 2. The number of benzene rings is 2. The highest BCUT2D eigenvalue weighted by Crippen LogP contribution is 2.22. The molecule has 1 aliphatic rings. The van der Waals surface area contributed by atoms with Crippen molar-refractivity contribution in [3.05, 3.63) is 77.0 Å². The zero-order chi connectivity index (χ0) is 25.3. The van der Waals surface area contributed by atoms with E-state index in [1.54, 1.807) is 6.08 Å². The monoisotopic (exact) mass is 491 g/mol. The minimum Gasteiger partial charge on any atom is -0.460 e. The molecule has 4 rings (SSSR count). The topological polar surface area (TPSA) is 102 Å². The van der Waals surface area contributed by atoms with Crippen LogP contribution in [-0.4, -0.2) is 42.4 Å². The number of carbonyl (C=O) groups excluding carboxylic acids is 2. The van der Waals surface area contributed by atoms with Crippen LogP contribution in [0, 0.1) is 6.92 Å². The van der Waals surface area contributed by atoms with Crippen LogP contribution in [0.2, 0.25) is 0 Å². The van der Waals surface area contributed by atoms with E-state index in [2.05, 4.69) is 47.0 Å². The molecule has 0 spiro atoms. The molecule has 0 radical (unpaired) electrons. The van der Waals surface area contributed by atoms with E-state index in [-0.39, 0.29) is 24.6 Å². The van der Waals surface area contributed by atoms with Crippen molar-refractivity contribution in [3.63, 3.8) is 0 Å². The summed E-state index contributed by atoms with van der Waals surface area (Å²) in [7, 11) is 0. The number of hydrogen-bond donors (Lipinski definition) is 3. The summed E-state index contributed by atoms with van der Waals surface area (Å²) in [5, 5.41) is 4.81. The highest BCUT2D eigenvalue weighted by Gasteiger charge is 2.24. The lowest BCUT2D eigenvalue weighted by atomic mass is 10.1. The molecule has 1 saturated heterocycles. The van der Waals surface area contributed by atoms with E-state index in [1.165, 1.54) is 40.7 Å². The van der Waals surface area contributed by atoms with Crippen molar-refractivity contribution >= 4 is 28.9 Å². The van der Waals surface area contributed by atoms with Gasteiger partial charge in [0.1, 0.15) is 6.10 Å². The number of aromatic nitrogens is 1. The summed E-state index contributed by atoms with van der Waals surface area (Å²) < 4.78 is 10.6. The number of hydroxylamine groups is 1. The molecule has 0 saturated carbocycles. The second-order valence-corrected chi connectivity index (χ2v) is 8.93. The molecule has 1 fully saturated rings. The molecule has 1 aliphatic heterocycles. The first-order valence-corrected chi connectivity index (χ1v) is 12.3. The van der Waals surface area contributed by atoms with Crippen molar-refractivity contribution in [2.24, 2.45) is 0 Å². The molecule has 8 heteroatoms. The molecule has 36 heavy (non-hydrogen) atoms. The van der Waals surface area contributed by atoms with Crippen LogP contribution in [0.3, 0.4) is 0 Å². The van der Waals surface area contributed by atoms with E-state index in [4.69, 9.17) is 14.3 Å². The SMILES string of the molecule is CC(=O)OC1CCC(ONC(=O)/C=C/c2ccc(CNCCc3c(C)[nH]c4ccccc34)cc2)OC1. The lowest BCUT2D eigenvalue weighted by Crippen LogP contribution is -2.37. The predicted molar refractivity (Wildman–Crippen MR) is 138 cm³/mol. The predicted octanol–water partition coefficient (Wildman–Crippen LogP) is 3.94. The summed E-state index contributed by atoms with van der Waals surface area (Å²) in [6.45, 7) is 5.41. The van der Waals surface area contributed by atoms with Gasteiger partial charge in [-0.2, -0.15) is 0 Å². The number of nitrogens with one attached hydrogen (secondary N) is 3. The van der Waals surface area contributed by atoms with Gasteiger partial charge in [-0.15, -0.1) is 0 Å². The number of aryl methyl sites for hydroxylation is 1. The summed E-state index contributed by atoms with van der Waals surface area (Å²) in [5.41, 5.74) is 8.25. The van der Waals surface area contributed by atoms with E-state index in [1.807, 2.05) is 24.3 Å². The van der Waals surface area contributed by atoms with Gasteiger partial charge in [-0.25, -0.2) is 10.3 Å². The Balaban J connectivity index is 1.15. The summed E-state index contributed by atoms with van der Waals surface area (Å²) >= 11 is 0. The molecular formula is C28H33N3O5. The first-order valence-electron chi connectivity index (χ1n) is 12.3. The molecule has 8 nitrogen and oxygen atoms in total. The molecule has 2 aromatic carbocycles. The van der Waals surface area contributed by atoms with Gasteiger partial charge >= 0.3 is 5.97 Å². The first-order chi connectivity index (χ1) is 17.5. The minimum atomic E-state index is -0.555. The summed E-state index contributed by atoms with van der Waals surface area (Å²) in [6, 6.07) is 16.5. The van der Waals surface area contributed by atoms with Crippen molar-refractivity contribution in [2.45, 2.75) is 52.0 Å². The van der Waals surface area contributed by atoms with Crippen molar-refractivity contribution in [1.29, 1.82) is 0 Å². The standard InChI is InChI=1S/C28H33N3O5/c1-19-24(25-5-3-4-6-26(25)30-19)15-16-29-17-22-9-7-21(8-10-22)11-13-27(33)31-36-28-14-12-23(18-34-28)35-20(2)32/h3-11,13,23,28-30H,12,14-18H2,1-2H3,(H,31,33)/b13-11+. The zero-order valence-electron chi connectivity index (χ0n) is 20.7. The van der Waals surface area contributed by atoms with Gasteiger partial charge in [0.15, 0.2) is 6.29 Å². The molecule has 0 aliphatic carbocycles. The van der Waals surface area contributed by atoms with Gasteiger partial charge in [0.25, 0.3) is 5.91 Å². The number of amides is 1. The normalized spacial score (nSPS) is 17.9. The quantitative estimate of drug-likeness (QED) is 0.172. The maximum atomic E-state index is 12.1. The van der Waals surface area contributed by atoms with Gasteiger partial charge in [0.05, 0.1) is 6.61 Å². The summed E-state index contributed by atoms with van der Waals surface area (Å²) in [5.74, 6) is -0.707. The number of para-hydroxylation sites is 1. The molecule has 3 aromatic rings. The van der Waals surface area contributed by atoms with Gasteiger partial charge in [-0.1, -0.05) is 42.5 Å². The van der Waals surface area contributed by atoms with Crippen molar-refractivity contribution in [2.75, 3.05) is 13.2 Å². The average Bonchev–Trinajstić information content (AvgIpc) is 3.20. The number of carbonyl (C=O) groups is 2. The van der Waals surface area contributed by atoms with E-state index in [9.17, 15) is 9.59 Å². The van der Waals surface area contributed by atoms with Crippen LogP contribution < -0.4 is 10.8 Å². The summed E-state index contributed by atoms with van der Waals surface area (Å²) in [6.07, 6.45) is 4.45. The second-order valence-electron chi connectivity index (χ2n) is 8.93. The second kappa shape index (κ2) is 12.5. The Labute approximate surface area is 211 Å². The molecular weight excluding hydrogens is 458 g/mol. The van der Waals surface area contributed by atoms with Crippen LogP contribution in [0.1, 0.15) is 42.1 Å². The third kappa shape index (κ3) is 7.27. The maximum absolute atomic E-state index is 12.1. The fourth-order valence-corrected chi connectivity index (χ4v) is 4.30. The Morgan fingerprint density at radius 2 is 1.94 bits per heavy atom. The van der Waals surface area contributed by atoms with Crippen LogP contribution in [-0.2, 0) is 36.9 Å². The van der Waals surface area contributed by atoms with Crippen LogP contribution in [0.5, 0.6) is 0 Å². The highest BCUT2D eigenvalue weighted by atomic mass is 16.8. The van der Waals surface area contributed by atoms with Gasteiger partial charge in [0, 0.05) is 42.6 Å². The number of rotatable bonds is 10. The molecule has 1 aromatic heterocycles. The third-order valence-corrected chi connectivity index (χ3v) is 6.13. The van der Waals surface area contributed by atoms with Gasteiger partial charge < -0.3 is 19.8 Å². The Kier molecular flexibility index (Phi) is 8.89. The lowest BCUT2D eigenvalue weighted by Gasteiger charge is -2.27. The molecule has 2 atom stereocenters. The summed E-state index contributed by atoms with van der Waals surface area (Å²) in [4.78, 5) is 31.8. The fraction of sp³-hybridized carbons (Fsp3) is 0.357. The highest BCUT2D eigenvalue weighted by molar-refractivity contribution is 5.91. The van der Waals surface area contributed by atoms with Gasteiger partial charge in [0.2, 0.25) is 0 Å².